The summed E-state index contributed by atoms with van der Waals surface area (Å²) in [7, 11) is 1.56. The van der Waals surface area contributed by atoms with Crippen molar-refractivity contribution in [3.05, 3.63) is 81.0 Å². The monoisotopic (exact) mass is 300 g/mol. The molecule has 2 rings (SSSR count). The number of nitrogens with zero attached hydrogens (tertiary/aromatic N) is 2. The first-order valence-corrected chi connectivity index (χ1v) is 6.71. The molecule has 0 spiro atoms. The van der Waals surface area contributed by atoms with E-state index >= 15 is 0 Å². The highest BCUT2D eigenvalue weighted by Crippen LogP contribution is 2.17. The second-order valence-electron chi connectivity index (χ2n) is 4.70. The van der Waals surface area contributed by atoms with Gasteiger partial charge in [0.05, 0.1) is 7.11 Å². The average Bonchev–Trinajstić information content (AvgIpc) is 2.54. The second kappa shape index (κ2) is 7.21. The molecule has 6 heteroatoms. The minimum atomic E-state index is -0.863. The van der Waals surface area contributed by atoms with Crippen molar-refractivity contribution in [2.75, 3.05) is 13.7 Å². The molecule has 2 aromatic rings. The van der Waals surface area contributed by atoms with E-state index in [4.69, 9.17) is 4.74 Å². The fourth-order valence-electron chi connectivity index (χ4n) is 2.08. The normalized spacial score (nSPS) is 12.7. The quantitative estimate of drug-likeness (QED) is 0.270. The lowest BCUT2D eigenvalue weighted by molar-refractivity contribution is -0.579. The van der Waals surface area contributed by atoms with Crippen LogP contribution in [0.3, 0.4) is 0 Å². The summed E-state index contributed by atoms with van der Waals surface area (Å²) in [6.07, 6.45) is 1.35. The van der Waals surface area contributed by atoms with Crippen LogP contribution in [0.5, 0.6) is 5.75 Å². The number of hydrogen-bond acceptors (Lipinski definition) is 4. The van der Waals surface area contributed by atoms with Crippen molar-refractivity contribution >= 4 is 6.21 Å². The summed E-state index contributed by atoms with van der Waals surface area (Å²) in [4.78, 5) is 10.4. The summed E-state index contributed by atoms with van der Waals surface area (Å²) in [6, 6.07) is 14.8. The number of hydrogen-bond donors (Lipinski definition) is 0. The Hall–Kier alpha value is -2.89. The molecule has 0 fully saturated rings. The zero-order valence-corrected chi connectivity index (χ0v) is 12.1. The van der Waals surface area contributed by atoms with Gasteiger partial charge in [0.2, 0.25) is 0 Å². The fourth-order valence-corrected chi connectivity index (χ4v) is 2.08. The lowest BCUT2D eigenvalue weighted by atomic mass is 10.1. The maximum Gasteiger partial charge on any atom is 0.269 e. The van der Waals surface area contributed by atoms with Gasteiger partial charge in [0.25, 0.3) is 12.6 Å². The SMILES string of the molecule is COc1ccc(/C=[N+](/[O-])C(C[N+](=O)[O-])c2ccccc2)cc1. The van der Waals surface area contributed by atoms with Crippen LogP contribution in [-0.4, -0.2) is 29.5 Å². The summed E-state index contributed by atoms with van der Waals surface area (Å²) < 4.78 is 5.67. The maximum absolute atomic E-state index is 12.3. The molecule has 2 aromatic carbocycles. The van der Waals surface area contributed by atoms with Crippen LogP contribution in [-0.2, 0) is 0 Å². The summed E-state index contributed by atoms with van der Waals surface area (Å²) in [5.74, 6) is 0.680. The third kappa shape index (κ3) is 4.05. The van der Waals surface area contributed by atoms with Gasteiger partial charge in [0.1, 0.15) is 5.75 Å². The Labute approximate surface area is 128 Å². The molecule has 0 saturated carbocycles. The molecule has 0 bridgehead atoms. The third-order valence-electron chi connectivity index (χ3n) is 3.21. The number of ether oxygens (including phenoxy) is 1. The van der Waals surface area contributed by atoms with Crippen molar-refractivity contribution < 1.29 is 14.4 Å². The van der Waals surface area contributed by atoms with Crippen LogP contribution in [0.4, 0.5) is 0 Å². The molecule has 0 saturated heterocycles. The number of hydroxylamine groups is 1. The molecule has 1 atom stereocenters. The molecular weight excluding hydrogens is 284 g/mol. The summed E-state index contributed by atoms with van der Waals surface area (Å²) in [5.41, 5.74) is 1.26. The lowest BCUT2D eigenvalue weighted by Crippen LogP contribution is -2.23. The zero-order chi connectivity index (χ0) is 15.9. The van der Waals surface area contributed by atoms with Crippen molar-refractivity contribution in [2.24, 2.45) is 0 Å². The van der Waals surface area contributed by atoms with E-state index in [1.165, 1.54) is 6.21 Å². The fraction of sp³-hybridized carbons (Fsp3) is 0.188. The van der Waals surface area contributed by atoms with Crippen molar-refractivity contribution in [3.63, 3.8) is 0 Å². The highest BCUT2D eigenvalue weighted by atomic mass is 16.6. The molecule has 0 aliphatic rings. The zero-order valence-electron chi connectivity index (χ0n) is 12.1. The standard InChI is InChI=1S/C16H16N2O4/c1-22-15-9-7-13(8-10-15)11-17(19)16(12-18(20)21)14-5-3-2-4-6-14/h2-11,16H,12H2,1H3/b17-11+. The van der Waals surface area contributed by atoms with Gasteiger partial charge >= 0.3 is 0 Å². The molecule has 0 amide bonds. The summed E-state index contributed by atoms with van der Waals surface area (Å²) >= 11 is 0. The lowest BCUT2D eigenvalue weighted by Gasteiger charge is -2.14. The topological polar surface area (TPSA) is 78.4 Å². The first-order chi connectivity index (χ1) is 10.6. The smallest absolute Gasteiger partial charge is 0.269 e. The minimum Gasteiger partial charge on any atom is -0.623 e. The highest BCUT2D eigenvalue weighted by Gasteiger charge is 2.25. The predicted molar refractivity (Wildman–Crippen MR) is 82.8 cm³/mol. The van der Waals surface area contributed by atoms with E-state index in [-0.39, 0.29) is 0 Å². The van der Waals surface area contributed by atoms with Crippen LogP contribution in [0.15, 0.2) is 54.6 Å². The van der Waals surface area contributed by atoms with Gasteiger partial charge in [-0.3, -0.25) is 10.1 Å². The average molecular weight is 300 g/mol. The Morgan fingerprint density at radius 1 is 1.09 bits per heavy atom. The van der Waals surface area contributed by atoms with E-state index < -0.39 is 17.5 Å². The molecule has 0 aliphatic carbocycles. The maximum atomic E-state index is 12.3. The van der Waals surface area contributed by atoms with Gasteiger partial charge in [-0.2, -0.15) is 4.74 Å². The van der Waals surface area contributed by atoms with Crippen LogP contribution in [0.1, 0.15) is 17.2 Å². The van der Waals surface area contributed by atoms with Gasteiger partial charge in [-0.15, -0.1) is 0 Å². The van der Waals surface area contributed by atoms with Crippen molar-refractivity contribution in [3.8, 4) is 5.75 Å². The Balaban J connectivity index is 2.29. The van der Waals surface area contributed by atoms with E-state index in [2.05, 4.69) is 0 Å². The third-order valence-corrected chi connectivity index (χ3v) is 3.21. The van der Waals surface area contributed by atoms with Crippen LogP contribution >= 0.6 is 0 Å². The van der Waals surface area contributed by atoms with Crippen LogP contribution in [0, 0.1) is 15.3 Å². The number of nitro groups is 1. The van der Waals surface area contributed by atoms with E-state index in [9.17, 15) is 15.3 Å². The van der Waals surface area contributed by atoms with Crippen LogP contribution in [0.25, 0.3) is 0 Å². The molecule has 6 nitrogen and oxygen atoms in total. The van der Waals surface area contributed by atoms with E-state index in [1.54, 1.807) is 61.7 Å². The molecule has 0 radical (unpaired) electrons. The Bertz CT molecular complexity index is 654. The number of rotatable bonds is 6. The van der Waals surface area contributed by atoms with Gasteiger partial charge in [-0.25, -0.2) is 0 Å². The van der Waals surface area contributed by atoms with Crippen molar-refractivity contribution in [1.29, 1.82) is 0 Å². The Morgan fingerprint density at radius 2 is 1.73 bits per heavy atom. The highest BCUT2D eigenvalue weighted by molar-refractivity contribution is 5.75. The van der Waals surface area contributed by atoms with Gasteiger partial charge in [-0.1, -0.05) is 30.3 Å². The summed E-state index contributed by atoms with van der Waals surface area (Å²) in [5, 5.41) is 23.2. The predicted octanol–water partition coefficient (Wildman–Crippen LogP) is 2.64. The van der Waals surface area contributed by atoms with E-state index in [0.29, 0.717) is 21.6 Å². The van der Waals surface area contributed by atoms with E-state index in [1.807, 2.05) is 0 Å². The molecule has 1 unspecified atom stereocenters. The molecule has 22 heavy (non-hydrogen) atoms. The second-order valence-corrected chi connectivity index (χ2v) is 4.70. The van der Waals surface area contributed by atoms with Gasteiger partial charge in [0.15, 0.2) is 6.21 Å². The van der Waals surface area contributed by atoms with Crippen LogP contribution < -0.4 is 4.74 Å². The van der Waals surface area contributed by atoms with E-state index in [0.717, 1.165) is 0 Å². The van der Waals surface area contributed by atoms with Gasteiger partial charge in [0, 0.05) is 16.1 Å². The van der Waals surface area contributed by atoms with Crippen molar-refractivity contribution in [1.82, 2.24) is 0 Å². The largest absolute Gasteiger partial charge is 0.623 e. The molecule has 0 aromatic heterocycles. The molecule has 114 valence electrons. The molecule has 0 N–H and O–H groups in total. The van der Waals surface area contributed by atoms with Gasteiger partial charge in [-0.05, 0) is 24.3 Å². The van der Waals surface area contributed by atoms with Crippen molar-refractivity contribution in [2.45, 2.75) is 6.04 Å². The first-order valence-electron chi connectivity index (χ1n) is 6.71. The summed E-state index contributed by atoms with van der Waals surface area (Å²) in [6.45, 7) is -0.458. The van der Waals surface area contributed by atoms with Crippen LogP contribution in [0.2, 0.25) is 0 Å². The molecule has 0 heterocycles. The Morgan fingerprint density at radius 3 is 2.27 bits per heavy atom. The Kier molecular flexibility index (Phi) is 5.08. The first kappa shape index (κ1) is 15.5. The number of benzene rings is 2. The molecule has 0 aliphatic heterocycles. The van der Waals surface area contributed by atoms with Gasteiger partial charge < -0.3 is 9.94 Å². The number of methoxy groups -OCH3 is 1. The molecular formula is C16H16N2O4. The minimum absolute atomic E-state index is 0.458.